The molecule has 0 spiro atoms. The van der Waals surface area contributed by atoms with Gasteiger partial charge in [0, 0.05) is 30.7 Å². The molecule has 0 aliphatic rings. The Morgan fingerprint density at radius 2 is 1.80 bits per heavy atom. The van der Waals surface area contributed by atoms with Gasteiger partial charge in [-0.25, -0.2) is 0 Å². The van der Waals surface area contributed by atoms with Gasteiger partial charge >= 0.3 is 0 Å². The van der Waals surface area contributed by atoms with Crippen molar-refractivity contribution >= 4 is 10.8 Å². The first-order chi connectivity index (χ1) is 9.74. The normalized spacial score (nSPS) is 12.6. The summed E-state index contributed by atoms with van der Waals surface area (Å²) in [6.07, 6.45) is 1.99. The van der Waals surface area contributed by atoms with Gasteiger partial charge in [-0.2, -0.15) is 0 Å². The van der Waals surface area contributed by atoms with Crippen LogP contribution in [0.4, 0.5) is 0 Å². The van der Waals surface area contributed by atoms with E-state index < -0.39 is 0 Å². The summed E-state index contributed by atoms with van der Waals surface area (Å²) in [4.78, 5) is 0. The van der Waals surface area contributed by atoms with Crippen LogP contribution in [-0.2, 0) is 4.74 Å². The molecule has 0 aromatic heterocycles. The van der Waals surface area contributed by atoms with Crippen LogP contribution in [0.2, 0.25) is 0 Å². The minimum Gasteiger partial charge on any atom is -0.493 e. The Bertz CT molecular complexity index is 552. The highest BCUT2D eigenvalue weighted by atomic mass is 16.5. The first-order valence-electron chi connectivity index (χ1n) is 7.13. The molecule has 0 saturated carbocycles. The van der Waals surface area contributed by atoms with E-state index >= 15 is 0 Å². The summed E-state index contributed by atoms with van der Waals surface area (Å²) < 4.78 is 11.1. The molecule has 0 aliphatic carbocycles. The third-order valence-corrected chi connectivity index (χ3v) is 3.39. The number of benzene rings is 2. The Kier molecular flexibility index (Phi) is 5.39. The lowest BCUT2D eigenvalue weighted by Gasteiger charge is -2.16. The molecule has 2 N–H and O–H groups in total. The first kappa shape index (κ1) is 14.8. The van der Waals surface area contributed by atoms with Gasteiger partial charge in [-0.1, -0.05) is 36.4 Å². The van der Waals surface area contributed by atoms with E-state index in [1.54, 1.807) is 7.11 Å². The quantitative estimate of drug-likeness (QED) is 0.783. The summed E-state index contributed by atoms with van der Waals surface area (Å²) in [7, 11) is 1.72. The van der Waals surface area contributed by atoms with E-state index in [1.165, 1.54) is 5.39 Å². The van der Waals surface area contributed by atoms with Gasteiger partial charge in [-0.3, -0.25) is 0 Å². The number of fused-ring (bicyclic) bond motifs is 1. The molecular weight excluding hydrogens is 250 g/mol. The number of nitrogens with two attached hydrogens (primary N) is 1. The van der Waals surface area contributed by atoms with E-state index in [0.29, 0.717) is 6.61 Å². The van der Waals surface area contributed by atoms with Crippen molar-refractivity contribution in [1.82, 2.24) is 0 Å². The molecule has 1 unspecified atom stereocenters. The van der Waals surface area contributed by atoms with Crippen LogP contribution in [0.15, 0.2) is 36.4 Å². The van der Waals surface area contributed by atoms with Gasteiger partial charge in [-0.05, 0) is 25.2 Å². The highest BCUT2D eigenvalue weighted by Crippen LogP contribution is 2.33. The fourth-order valence-electron chi connectivity index (χ4n) is 2.30. The Morgan fingerprint density at radius 3 is 2.55 bits per heavy atom. The minimum atomic E-state index is -0.0337. The molecule has 0 amide bonds. The zero-order chi connectivity index (χ0) is 14.4. The number of hydrogen-bond acceptors (Lipinski definition) is 3. The van der Waals surface area contributed by atoms with Crippen LogP contribution in [0.1, 0.15) is 31.4 Å². The lowest BCUT2D eigenvalue weighted by molar-refractivity contribution is 0.184. The number of methoxy groups -OCH3 is 1. The number of ether oxygens (including phenoxy) is 2. The van der Waals surface area contributed by atoms with Crippen molar-refractivity contribution in [2.24, 2.45) is 5.73 Å². The SMILES string of the molecule is COCCCCOc1c(C(C)N)ccc2ccccc12. The predicted octanol–water partition coefficient (Wildman–Crippen LogP) is 3.66. The zero-order valence-electron chi connectivity index (χ0n) is 12.3. The molecule has 0 fully saturated rings. The molecule has 20 heavy (non-hydrogen) atoms. The van der Waals surface area contributed by atoms with Crippen molar-refractivity contribution in [1.29, 1.82) is 0 Å². The van der Waals surface area contributed by atoms with Crippen molar-refractivity contribution in [2.75, 3.05) is 20.3 Å². The Morgan fingerprint density at radius 1 is 1.05 bits per heavy atom. The van der Waals surface area contributed by atoms with Crippen LogP contribution >= 0.6 is 0 Å². The lowest BCUT2D eigenvalue weighted by atomic mass is 10.0. The van der Waals surface area contributed by atoms with Crippen LogP contribution in [-0.4, -0.2) is 20.3 Å². The van der Waals surface area contributed by atoms with Gasteiger partial charge in [0.05, 0.1) is 6.61 Å². The lowest BCUT2D eigenvalue weighted by Crippen LogP contribution is -2.09. The van der Waals surface area contributed by atoms with Gasteiger partial charge in [0.2, 0.25) is 0 Å². The average molecular weight is 273 g/mol. The summed E-state index contributed by atoms with van der Waals surface area (Å²) in [5, 5.41) is 2.32. The molecule has 0 radical (unpaired) electrons. The molecule has 2 aromatic carbocycles. The monoisotopic (exact) mass is 273 g/mol. The van der Waals surface area contributed by atoms with Crippen LogP contribution in [0.5, 0.6) is 5.75 Å². The third-order valence-electron chi connectivity index (χ3n) is 3.39. The van der Waals surface area contributed by atoms with E-state index in [2.05, 4.69) is 24.3 Å². The van der Waals surface area contributed by atoms with Gasteiger partial charge in [-0.15, -0.1) is 0 Å². The van der Waals surface area contributed by atoms with Crippen molar-refractivity contribution in [2.45, 2.75) is 25.8 Å². The highest BCUT2D eigenvalue weighted by Gasteiger charge is 2.11. The maximum absolute atomic E-state index is 6.06. The molecular formula is C17H23NO2. The van der Waals surface area contributed by atoms with Gasteiger partial charge in [0.25, 0.3) is 0 Å². The summed E-state index contributed by atoms with van der Waals surface area (Å²) >= 11 is 0. The third kappa shape index (κ3) is 3.50. The molecule has 3 heteroatoms. The predicted molar refractivity (Wildman–Crippen MR) is 83.2 cm³/mol. The standard InChI is InChI=1S/C17H23NO2/c1-13(18)15-10-9-14-7-3-4-8-16(14)17(15)20-12-6-5-11-19-2/h3-4,7-10,13H,5-6,11-12,18H2,1-2H3. The Balaban J connectivity index is 2.21. The van der Waals surface area contributed by atoms with Crippen LogP contribution in [0.3, 0.4) is 0 Å². The number of unbranched alkanes of at least 4 members (excludes halogenated alkanes) is 1. The molecule has 0 aliphatic heterocycles. The zero-order valence-corrected chi connectivity index (χ0v) is 12.3. The molecule has 0 saturated heterocycles. The molecule has 2 rings (SSSR count). The molecule has 108 valence electrons. The largest absolute Gasteiger partial charge is 0.493 e. The minimum absolute atomic E-state index is 0.0337. The summed E-state index contributed by atoms with van der Waals surface area (Å²) in [6, 6.07) is 12.4. The van der Waals surface area contributed by atoms with E-state index in [4.69, 9.17) is 15.2 Å². The van der Waals surface area contributed by atoms with E-state index in [1.807, 2.05) is 19.1 Å². The maximum atomic E-state index is 6.06. The summed E-state index contributed by atoms with van der Waals surface area (Å²) in [5.41, 5.74) is 7.12. The van der Waals surface area contributed by atoms with Crippen molar-refractivity contribution in [3.63, 3.8) is 0 Å². The number of hydrogen-bond donors (Lipinski definition) is 1. The van der Waals surface area contributed by atoms with Gasteiger partial charge in [0.1, 0.15) is 5.75 Å². The second-order valence-electron chi connectivity index (χ2n) is 5.04. The average Bonchev–Trinajstić information content (AvgIpc) is 2.46. The van der Waals surface area contributed by atoms with Crippen molar-refractivity contribution in [3.8, 4) is 5.75 Å². The summed E-state index contributed by atoms with van der Waals surface area (Å²) in [5.74, 6) is 0.926. The smallest absolute Gasteiger partial charge is 0.131 e. The highest BCUT2D eigenvalue weighted by molar-refractivity contribution is 5.89. The number of rotatable bonds is 7. The fourth-order valence-corrected chi connectivity index (χ4v) is 2.30. The van der Waals surface area contributed by atoms with Crippen molar-refractivity contribution < 1.29 is 9.47 Å². The fraction of sp³-hybridized carbons (Fsp3) is 0.412. The Hall–Kier alpha value is -1.58. The molecule has 0 bridgehead atoms. The van der Waals surface area contributed by atoms with Crippen LogP contribution < -0.4 is 10.5 Å². The second kappa shape index (κ2) is 7.27. The second-order valence-corrected chi connectivity index (χ2v) is 5.04. The molecule has 2 aromatic rings. The van der Waals surface area contributed by atoms with Crippen LogP contribution in [0.25, 0.3) is 10.8 Å². The van der Waals surface area contributed by atoms with Gasteiger partial charge in [0.15, 0.2) is 0 Å². The van der Waals surface area contributed by atoms with E-state index in [0.717, 1.165) is 36.1 Å². The molecule has 0 heterocycles. The Labute approximate surface area is 120 Å². The summed E-state index contributed by atoms with van der Waals surface area (Å²) in [6.45, 7) is 3.46. The maximum Gasteiger partial charge on any atom is 0.131 e. The van der Waals surface area contributed by atoms with E-state index in [-0.39, 0.29) is 6.04 Å². The van der Waals surface area contributed by atoms with Crippen LogP contribution in [0, 0.1) is 0 Å². The molecule has 1 atom stereocenters. The van der Waals surface area contributed by atoms with Crippen molar-refractivity contribution in [3.05, 3.63) is 42.0 Å². The topological polar surface area (TPSA) is 44.5 Å². The first-order valence-corrected chi connectivity index (χ1v) is 7.13. The molecule has 3 nitrogen and oxygen atoms in total. The van der Waals surface area contributed by atoms with Gasteiger partial charge < -0.3 is 15.2 Å². The van der Waals surface area contributed by atoms with E-state index in [9.17, 15) is 0 Å².